The first-order valence-corrected chi connectivity index (χ1v) is 11.5. The molecule has 2 aromatic rings. The molecular formula is C19H22Cl2NO7P. The van der Waals surface area contributed by atoms with Crippen LogP contribution >= 0.6 is 30.8 Å². The Morgan fingerprint density at radius 2 is 1.83 bits per heavy atom. The smallest absolute Gasteiger partial charge is 0.365 e. The van der Waals surface area contributed by atoms with Gasteiger partial charge in [-0.2, -0.15) is 0 Å². The molecule has 0 spiro atoms. The van der Waals surface area contributed by atoms with Crippen molar-refractivity contribution in [3.63, 3.8) is 0 Å². The van der Waals surface area contributed by atoms with Gasteiger partial charge >= 0.3 is 13.6 Å². The van der Waals surface area contributed by atoms with Crippen molar-refractivity contribution in [3.05, 3.63) is 46.6 Å². The highest BCUT2D eigenvalue weighted by Crippen LogP contribution is 2.43. The van der Waals surface area contributed by atoms with E-state index in [1.807, 2.05) is 6.92 Å². The Labute approximate surface area is 184 Å². The highest BCUT2D eigenvalue weighted by atomic mass is 35.5. The lowest BCUT2D eigenvalue weighted by atomic mass is 10.3. The Hall–Kier alpha value is -1.83. The number of hydrogen-bond donors (Lipinski definition) is 1. The van der Waals surface area contributed by atoms with E-state index in [4.69, 9.17) is 41.9 Å². The van der Waals surface area contributed by atoms with Gasteiger partial charge in [0.1, 0.15) is 16.5 Å². The summed E-state index contributed by atoms with van der Waals surface area (Å²) in [6.07, 6.45) is -0.212. The maximum Gasteiger partial charge on any atom is 0.365 e. The molecule has 0 radical (unpaired) electrons. The van der Waals surface area contributed by atoms with E-state index >= 15 is 0 Å². The minimum atomic E-state index is -4.03. The number of aromatic nitrogens is 1. The van der Waals surface area contributed by atoms with Crippen LogP contribution in [-0.4, -0.2) is 34.4 Å². The largest absolute Gasteiger partial charge is 0.479 e. The molecule has 0 saturated carbocycles. The molecule has 164 valence electrons. The zero-order valence-electron chi connectivity index (χ0n) is 16.6. The standard InChI is InChI=1S/C19H22Cl2NO7P/c1-4-12(2)29-30(24,25)11-26-19(23)13(3)27-15-5-7-16(8-6-15)28-18-17(21)9-14(20)10-22-18/h5-10,12-13H,4,11H2,1-3H3,(H,24,25). The summed E-state index contributed by atoms with van der Waals surface area (Å²) in [4.78, 5) is 25.7. The summed E-state index contributed by atoms with van der Waals surface area (Å²) in [7, 11) is -4.03. The summed E-state index contributed by atoms with van der Waals surface area (Å²) in [5.74, 6) is 0.205. The molecule has 11 heteroatoms. The first kappa shape index (κ1) is 24.4. The molecule has 1 heterocycles. The van der Waals surface area contributed by atoms with E-state index < -0.39 is 32.1 Å². The number of benzene rings is 1. The van der Waals surface area contributed by atoms with Gasteiger partial charge in [0.05, 0.1) is 11.1 Å². The zero-order valence-corrected chi connectivity index (χ0v) is 19.0. The van der Waals surface area contributed by atoms with E-state index in [1.54, 1.807) is 31.2 Å². The van der Waals surface area contributed by atoms with Gasteiger partial charge in [0.25, 0.3) is 0 Å². The van der Waals surface area contributed by atoms with Crippen LogP contribution in [0.5, 0.6) is 17.4 Å². The van der Waals surface area contributed by atoms with Crippen molar-refractivity contribution in [1.29, 1.82) is 0 Å². The zero-order chi connectivity index (χ0) is 22.3. The van der Waals surface area contributed by atoms with Crippen LogP contribution in [0.2, 0.25) is 10.0 Å². The molecule has 30 heavy (non-hydrogen) atoms. The lowest BCUT2D eigenvalue weighted by Crippen LogP contribution is -2.26. The van der Waals surface area contributed by atoms with Crippen LogP contribution in [0.15, 0.2) is 36.5 Å². The molecule has 2 rings (SSSR count). The number of carbonyl (C=O) groups excluding carboxylic acids is 1. The maximum atomic E-state index is 12.0. The van der Waals surface area contributed by atoms with Crippen LogP contribution in [0, 0.1) is 0 Å². The van der Waals surface area contributed by atoms with Gasteiger partial charge in [0, 0.05) is 6.20 Å². The van der Waals surface area contributed by atoms with E-state index in [1.165, 1.54) is 19.2 Å². The lowest BCUT2D eigenvalue weighted by Gasteiger charge is -2.18. The minimum absolute atomic E-state index is 0.194. The number of hydrogen-bond acceptors (Lipinski definition) is 7. The molecule has 0 aliphatic heterocycles. The van der Waals surface area contributed by atoms with E-state index in [0.29, 0.717) is 22.9 Å². The molecular weight excluding hydrogens is 456 g/mol. The average molecular weight is 478 g/mol. The lowest BCUT2D eigenvalue weighted by molar-refractivity contribution is -0.149. The number of ether oxygens (including phenoxy) is 3. The highest BCUT2D eigenvalue weighted by Gasteiger charge is 2.26. The summed E-state index contributed by atoms with van der Waals surface area (Å²) in [5, 5.41) is 0.652. The molecule has 1 aromatic carbocycles. The number of carbonyl (C=O) groups is 1. The normalized spacial score (nSPS) is 15.0. The predicted octanol–water partition coefficient (Wildman–Crippen LogP) is 5.45. The summed E-state index contributed by atoms with van der Waals surface area (Å²) in [6.45, 7) is 4.92. The summed E-state index contributed by atoms with van der Waals surface area (Å²) >= 11 is 11.8. The second kappa shape index (κ2) is 11.0. The number of rotatable bonds is 10. The predicted molar refractivity (Wildman–Crippen MR) is 112 cm³/mol. The minimum Gasteiger partial charge on any atom is -0.479 e. The van der Waals surface area contributed by atoms with E-state index in [0.717, 1.165) is 0 Å². The van der Waals surface area contributed by atoms with Gasteiger partial charge in [-0.3, -0.25) is 4.57 Å². The quantitative estimate of drug-likeness (QED) is 0.355. The van der Waals surface area contributed by atoms with E-state index in [-0.39, 0.29) is 10.9 Å². The molecule has 3 atom stereocenters. The van der Waals surface area contributed by atoms with Gasteiger partial charge in [-0.15, -0.1) is 0 Å². The fourth-order valence-corrected chi connectivity index (χ4v) is 3.56. The number of nitrogens with zero attached hydrogens (tertiary/aromatic N) is 1. The van der Waals surface area contributed by atoms with Crippen molar-refractivity contribution in [3.8, 4) is 17.4 Å². The van der Waals surface area contributed by atoms with Crippen LogP contribution in [0.1, 0.15) is 27.2 Å². The third kappa shape index (κ3) is 7.78. The fourth-order valence-electron chi connectivity index (χ4n) is 2.08. The van der Waals surface area contributed by atoms with E-state index in [2.05, 4.69) is 4.98 Å². The molecule has 3 unspecified atom stereocenters. The van der Waals surface area contributed by atoms with Gasteiger partial charge in [-0.05, 0) is 50.6 Å². The van der Waals surface area contributed by atoms with Crippen molar-refractivity contribution in [2.45, 2.75) is 39.4 Å². The topological polar surface area (TPSA) is 104 Å². The molecule has 8 nitrogen and oxygen atoms in total. The van der Waals surface area contributed by atoms with Crippen LogP contribution in [0.3, 0.4) is 0 Å². The Bertz CT molecular complexity index is 910. The fraction of sp³-hybridized carbons (Fsp3) is 0.368. The van der Waals surface area contributed by atoms with Crippen LogP contribution < -0.4 is 9.47 Å². The first-order valence-electron chi connectivity index (χ1n) is 9.02. The third-order valence-corrected chi connectivity index (χ3v) is 5.37. The van der Waals surface area contributed by atoms with Crippen LogP contribution in [0.4, 0.5) is 0 Å². The second-order valence-corrected chi connectivity index (χ2v) is 8.92. The second-order valence-electron chi connectivity index (χ2n) is 6.33. The van der Waals surface area contributed by atoms with E-state index in [9.17, 15) is 14.3 Å². The monoisotopic (exact) mass is 477 g/mol. The number of pyridine rings is 1. The summed E-state index contributed by atoms with van der Waals surface area (Å²) in [5.41, 5.74) is 0. The SMILES string of the molecule is CCC(C)OP(=O)(O)COC(=O)C(C)Oc1ccc(Oc2ncc(Cl)cc2Cl)cc1. The van der Waals surface area contributed by atoms with Gasteiger partial charge in [0.15, 0.2) is 12.5 Å². The molecule has 0 aliphatic rings. The molecule has 0 amide bonds. The maximum absolute atomic E-state index is 12.0. The summed E-state index contributed by atoms with van der Waals surface area (Å²) < 4.78 is 32.8. The Morgan fingerprint density at radius 1 is 1.20 bits per heavy atom. The number of esters is 1. The highest BCUT2D eigenvalue weighted by molar-refractivity contribution is 7.52. The Balaban J connectivity index is 1.88. The van der Waals surface area contributed by atoms with Gasteiger partial charge in [0.2, 0.25) is 5.88 Å². The van der Waals surface area contributed by atoms with Gasteiger partial charge in [-0.1, -0.05) is 30.1 Å². The molecule has 0 fully saturated rings. The van der Waals surface area contributed by atoms with Crippen molar-refractivity contribution in [1.82, 2.24) is 4.98 Å². The summed E-state index contributed by atoms with van der Waals surface area (Å²) in [6, 6.07) is 7.86. The molecule has 0 saturated heterocycles. The van der Waals surface area contributed by atoms with Crippen molar-refractivity contribution in [2.75, 3.05) is 6.35 Å². The van der Waals surface area contributed by atoms with Crippen LogP contribution in [0.25, 0.3) is 0 Å². The molecule has 0 bridgehead atoms. The van der Waals surface area contributed by atoms with Crippen molar-refractivity contribution >= 4 is 36.8 Å². The number of halogens is 2. The first-order chi connectivity index (χ1) is 14.1. The Kier molecular flexibility index (Phi) is 8.94. The Morgan fingerprint density at radius 3 is 2.43 bits per heavy atom. The molecule has 0 aliphatic carbocycles. The van der Waals surface area contributed by atoms with Gasteiger partial charge in [-0.25, -0.2) is 9.78 Å². The van der Waals surface area contributed by atoms with Crippen LogP contribution in [-0.2, 0) is 18.6 Å². The van der Waals surface area contributed by atoms with Crippen molar-refractivity contribution in [2.24, 2.45) is 0 Å². The molecule has 1 N–H and O–H groups in total. The van der Waals surface area contributed by atoms with Crippen molar-refractivity contribution < 1.29 is 33.0 Å². The van der Waals surface area contributed by atoms with Gasteiger partial charge < -0.3 is 23.6 Å². The molecule has 1 aromatic heterocycles. The average Bonchev–Trinajstić information content (AvgIpc) is 2.69. The third-order valence-electron chi connectivity index (χ3n) is 3.75.